The normalized spacial score (nSPS) is 10.7. The molecule has 0 fully saturated rings. The molecule has 106 valence electrons. The second kappa shape index (κ2) is 6.29. The number of hydrogen-bond donors (Lipinski definition) is 2. The highest BCUT2D eigenvalue weighted by atomic mass is 16.4. The fraction of sp³-hybridized carbons (Fsp3) is 0.357. The van der Waals surface area contributed by atoms with Crippen molar-refractivity contribution in [3.63, 3.8) is 0 Å². The van der Waals surface area contributed by atoms with Gasteiger partial charge in [-0.2, -0.15) is 0 Å². The minimum Gasteiger partial charge on any atom is -0.478 e. The molecule has 0 amide bonds. The first kappa shape index (κ1) is 14.2. The van der Waals surface area contributed by atoms with Crippen LogP contribution in [0.2, 0.25) is 0 Å². The van der Waals surface area contributed by atoms with Crippen LogP contribution >= 0.6 is 0 Å². The van der Waals surface area contributed by atoms with E-state index in [4.69, 9.17) is 10.2 Å². The van der Waals surface area contributed by atoms with Gasteiger partial charge in [-0.3, -0.25) is 0 Å². The van der Waals surface area contributed by atoms with Crippen LogP contribution in [-0.4, -0.2) is 45.8 Å². The van der Waals surface area contributed by atoms with E-state index in [9.17, 15) is 4.79 Å². The Kier molecular flexibility index (Phi) is 4.47. The molecule has 1 aromatic carbocycles. The Bertz CT molecular complexity index is 616. The van der Waals surface area contributed by atoms with Crippen molar-refractivity contribution in [3.05, 3.63) is 30.1 Å². The molecular formula is C14H17N3O3. The average molecular weight is 275 g/mol. The molecule has 0 atom stereocenters. The molecule has 0 bridgehead atoms. The van der Waals surface area contributed by atoms with Crippen LogP contribution in [0, 0.1) is 0 Å². The lowest BCUT2D eigenvalue weighted by atomic mass is 10.1. The fourth-order valence-electron chi connectivity index (χ4n) is 2.10. The third-order valence-electron chi connectivity index (χ3n) is 3.13. The zero-order valence-electron chi connectivity index (χ0n) is 11.3. The number of carboxylic acid groups (broad SMARTS) is 1. The van der Waals surface area contributed by atoms with Gasteiger partial charge in [-0.15, -0.1) is 0 Å². The Balaban J connectivity index is 2.45. The number of rotatable bonds is 6. The van der Waals surface area contributed by atoms with Crippen molar-refractivity contribution in [2.24, 2.45) is 0 Å². The number of aliphatic hydroxyl groups excluding tert-OH is 1. The van der Waals surface area contributed by atoms with Crippen molar-refractivity contribution in [1.29, 1.82) is 0 Å². The fourth-order valence-corrected chi connectivity index (χ4v) is 2.10. The number of aromatic carboxylic acids is 1. The van der Waals surface area contributed by atoms with Gasteiger partial charge in [0.05, 0.1) is 11.1 Å². The highest BCUT2D eigenvalue weighted by Gasteiger charge is 2.12. The first-order valence-electron chi connectivity index (χ1n) is 6.51. The molecule has 0 spiro atoms. The topological polar surface area (TPSA) is 86.5 Å². The monoisotopic (exact) mass is 275 g/mol. The van der Waals surface area contributed by atoms with Gasteiger partial charge in [-0.1, -0.05) is 0 Å². The quantitative estimate of drug-likeness (QED) is 0.831. The van der Waals surface area contributed by atoms with Crippen LogP contribution in [0.4, 0.5) is 5.82 Å². The van der Waals surface area contributed by atoms with Gasteiger partial charge in [0.2, 0.25) is 0 Å². The van der Waals surface area contributed by atoms with Crippen molar-refractivity contribution in [3.8, 4) is 0 Å². The number of carbonyl (C=O) groups is 1. The van der Waals surface area contributed by atoms with E-state index in [1.807, 2.05) is 11.8 Å². The van der Waals surface area contributed by atoms with Crippen molar-refractivity contribution in [1.82, 2.24) is 9.97 Å². The average Bonchev–Trinajstić information content (AvgIpc) is 2.47. The zero-order valence-corrected chi connectivity index (χ0v) is 11.3. The Morgan fingerprint density at radius 2 is 2.15 bits per heavy atom. The van der Waals surface area contributed by atoms with Crippen LogP contribution < -0.4 is 4.90 Å². The van der Waals surface area contributed by atoms with Gasteiger partial charge in [0.1, 0.15) is 12.1 Å². The van der Waals surface area contributed by atoms with E-state index in [0.29, 0.717) is 18.5 Å². The molecule has 2 aromatic rings. The van der Waals surface area contributed by atoms with E-state index < -0.39 is 5.97 Å². The molecule has 0 unspecified atom stereocenters. The minimum absolute atomic E-state index is 0.128. The first-order valence-corrected chi connectivity index (χ1v) is 6.51. The maximum Gasteiger partial charge on any atom is 0.335 e. The molecule has 6 heteroatoms. The zero-order chi connectivity index (χ0) is 14.5. The number of fused-ring (bicyclic) bond motifs is 1. The van der Waals surface area contributed by atoms with Gasteiger partial charge in [0.15, 0.2) is 0 Å². The summed E-state index contributed by atoms with van der Waals surface area (Å²) in [4.78, 5) is 21.4. The number of hydrogen-bond acceptors (Lipinski definition) is 5. The van der Waals surface area contributed by atoms with Gasteiger partial charge < -0.3 is 15.1 Å². The van der Waals surface area contributed by atoms with E-state index >= 15 is 0 Å². The van der Waals surface area contributed by atoms with Crippen molar-refractivity contribution < 1.29 is 15.0 Å². The highest BCUT2D eigenvalue weighted by molar-refractivity contribution is 5.96. The van der Waals surface area contributed by atoms with Crippen molar-refractivity contribution in [2.75, 3.05) is 24.6 Å². The van der Waals surface area contributed by atoms with E-state index in [1.165, 1.54) is 6.33 Å². The Hall–Kier alpha value is -2.21. The largest absolute Gasteiger partial charge is 0.478 e. The Morgan fingerprint density at radius 3 is 2.80 bits per heavy atom. The first-order chi connectivity index (χ1) is 9.67. The van der Waals surface area contributed by atoms with Gasteiger partial charge in [0, 0.05) is 25.1 Å². The van der Waals surface area contributed by atoms with Crippen LogP contribution in [0.15, 0.2) is 24.5 Å². The van der Waals surface area contributed by atoms with Crippen molar-refractivity contribution >= 4 is 22.7 Å². The lowest BCUT2D eigenvalue weighted by Crippen LogP contribution is -2.26. The highest BCUT2D eigenvalue weighted by Crippen LogP contribution is 2.23. The maximum absolute atomic E-state index is 11.0. The molecule has 6 nitrogen and oxygen atoms in total. The molecular weight excluding hydrogens is 258 g/mol. The Morgan fingerprint density at radius 1 is 1.35 bits per heavy atom. The maximum atomic E-state index is 11.0. The summed E-state index contributed by atoms with van der Waals surface area (Å²) < 4.78 is 0. The molecule has 0 aliphatic carbocycles. The van der Waals surface area contributed by atoms with Crippen LogP contribution in [0.5, 0.6) is 0 Å². The van der Waals surface area contributed by atoms with Gasteiger partial charge in [-0.05, 0) is 31.5 Å². The lowest BCUT2D eigenvalue weighted by Gasteiger charge is -2.22. The van der Waals surface area contributed by atoms with E-state index in [0.717, 1.165) is 17.7 Å². The SMILES string of the molecule is CCN(CCCO)c1ncnc2cc(C(=O)O)ccc12. The Labute approximate surface area is 116 Å². The minimum atomic E-state index is -0.973. The second-order valence-corrected chi connectivity index (χ2v) is 4.39. The van der Waals surface area contributed by atoms with E-state index in [1.54, 1.807) is 18.2 Å². The van der Waals surface area contributed by atoms with E-state index in [-0.39, 0.29) is 12.2 Å². The molecule has 1 aromatic heterocycles. The van der Waals surface area contributed by atoms with Crippen LogP contribution in [-0.2, 0) is 0 Å². The summed E-state index contributed by atoms with van der Waals surface area (Å²) in [6, 6.07) is 4.83. The molecule has 20 heavy (non-hydrogen) atoms. The standard InChI is InChI=1S/C14H17N3O3/c1-2-17(6-3-7-18)13-11-5-4-10(14(19)20)8-12(11)15-9-16-13/h4-5,8-9,18H,2-3,6-7H2,1H3,(H,19,20). The number of aliphatic hydroxyl groups is 1. The third-order valence-corrected chi connectivity index (χ3v) is 3.13. The number of aromatic nitrogens is 2. The number of anilines is 1. The smallest absolute Gasteiger partial charge is 0.335 e. The molecule has 1 heterocycles. The second-order valence-electron chi connectivity index (χ2n) is 4.39. The predicted molar refractivity (Wildman–Crippen MR) is 76.1 cm³/mol. The molecule has 2 rings (SSSR count). The summed E-state index contributed by atoms with van der Waals surface area (Å²) in [6.45, 7) is 3.59. The summed E-state index contributed by atoms with van der Waals surface area (Å²) in [7, 11) is 0. The van der Waals surface area contributed by atoms with Gasteiger partial charge >= 0.3 is 5.97 Å². The van der Waals surface area contributed by atoms with Gasteiger partial charge in [0.25, 0.3) is 0 Å². The molecule has 0 radical (unpaired) electrons. The number of benzene rings is 1. The van der Waals surface area contributed by atoms with Crippen LogP contribution in [0.3, 0.4) is 0 Å². The summed E-state index contributed by atoms with van der Waals surface area (Å²) in [6.07, 6.45) is 2.09. The molecule has 0 aliphatic rings. The molecule has 0 saturated carbocycles. The van der Waals surface area contributed by atoms with Crippen molar-refractivity contribution in [2.45, 2.75) is 13.3 Å². The van der Waals surface area contributed by atoms with Crippen LogP contribution in [0.25, 0.3) is 10.9 Å². The van der Waals surface area contributed by atoms with Gasteiger partial charge in [-0.25, -0.2) is 14.8 Å². The van der Waals surface area contributed by atoms with E-state index in [2.05, 4.69) is 9.97 Å². The molecule has 0 aliphatic heterocycles. The number of nitrogens with zero attached hydrogens (tertiary/aromatic N) is 3. The number of carboxylic acids is 1. The summed E-state index contributed by atoms with van der Waals surface area (Å²) >= 11 is 0. The summed E-state index contributed by atoms with van der Waals surface area (Å²) in [5.41, 5.74) is 0.818. The third kappa shape index (κ3) is 2.85. The summed E-state index contributed by atoms with van der Waals surface area (Å²) in [5, 5.41) is 18.8. The molecule has 0 saturated heterocycles. The summed E-state index contributed by atoms with van der Waals surface area (Å²) in [5.74, 6) is -0.206. The predicted octanol–water partition coefficient (Wildman–Crippen LogP) is 1.54. The lowest BCUT2D eigenvalue weighted by molar-refractivity contribution is 0.0697. The molecule has 2 N–H and O–H groups in total. The van der Waals surface area contributed by atoms with Crippen LogP contribution in [0.1, 0.15) is 23.7 Å².